The van der Waals surface area contributed by atoms with Crippen molar-refractivity contribution < 1.29 is 22.8 Å². The van der Waals surface area contributed by atoms with Gasteiger partial charge in [0.25, 0.3) is 0 Å². The van der Waals surface area contributed by atoms with E-state index in [0.29, 0.717) is 5.02 Å². The van der Waals surface area contributed by atoms with E-state index in [1.807, 2.05) is 13.8 Å². The molecule has 1 atom stereocenters. The Labute approximate surface area is 175 Å². The zero-order valence-corrected chi connectivity index (χ0v) is 16.9. The van der Waals surface area contributed by atoms with Crippen LogP contribution in [0.5, 0.6) is 0 Å². The van der Waals surface area contributed by atoms with Crippen LogP contribution in [0.3, 0.4) is 0 Å². The Morgan fingerprint density at radius 2 is 2.03 bits per heavy atom. The third-order valence-electron chi connectivity index (χ3n) is 4.67. The molecule has 0 unspecified atom stereocenters. The van der Waals surface area contributed by atoms with Gasteiger partial charge in [-0.05, 0) is 30.2 Å². The summed E-state index contributed by atoms with van der Waals surface area (Å²) in [5.74, 6) is -0.196. The molecule has 7 nitrogen and oxygen atoms in total. The summed E-state index contributed by atoms with van der Waals surface area (Å²) >= 11 is 5.87. The predicted molar refractivity (Wildman–Crippen MR) is 105 cm³/mol. The lowest BCUT2D eigenvalue weighted by molar-refractivity contribution is -0.141. The molecular weight excluding hydrogens is 423 g/mol. The van der Waals surface area contributed by atoms with E-state index >= 15 is 0 Å². The first-order chi connectivity index (χ1) is 14.1. The molecule has 1 aliphatic rings. The number of pyridine rings is 2. The van der Waals surface area contributed by atoms with Gasteiger partial charge in [0.2, 0.25) is 5.91 Å². The van der Waals surface area contributed by atoms with E-state index in [9.17, 15) is 22.8 Å². The fourth-order valence-electron chi connectivity index (χ4n) is 3.16. The molecule has 1 saturated heterocycles. The van der Waals surface area contributed by atoms with Gasteiger partial charge in [0, 0.05) is 17.8 Å². The number of halogens is 4. The van der Waals surface area contributed by atoms with Crippen LogP contribution in [0.15, 0.2) is 36.7 Å². The van der Waals surface area contributed by atoms with Crippen LogP contribution >= 0.6 is 11.6 Å². The summed E-state index contributed by atoms with van der Waals surface area (Å²) in [7, 11) is 0. The number of nitrogens with one attached hydrogen (secondary N) is 1. The number of nitrogens with zero attached hydrogens (tertiary/aromatic N) is 4. The SMILES string of the molecule is CC(C)[C@H]1CN(c2ccc(C(F)(F)F)nc2)C(=O)N1CC(=O)Nc1cc(Cl)ccn1. The summed E-state index contributed by atoms with van der Waals surface area (Å²) in [4.78, 5) is 35.5. The lowest BCUT2D eigenvalue weighted by Gasteiger charge is -2.25. The highest BCUT2D eigenvalue weighted by molar-refractivity contribution is 6.30. The maximum Gasteiger partial charge on any atom is 0.433 e. The van der Waals surface area contributed by atoms with E-state index < -0.39 is 23.8 Å². The molecule has 2 aromatic heterocycles. The molecule has 3 amide bonds. The van der Waals surface area contributed by atoms with Crippen molar-refractivity contribution >= 4 is 35.0 Å². The van der Waals surface area contributed by atoms with Crippen molar-refractivity contribution in [3.8, 4) is 0 Å². The van der Waals surface area contributed by atoms with Gasteiger partial charge in [0.1, 0.15) is 18.1 Å². The number of alkyl halides is 3. The Kier molecular flexibility index (Phi) is 6.16. The number of hydrogen-bond donors (Lipinski definition) is 1. The fraction of sp³-hybridized carbons (Fsp3) is 0.368. The maximum absolute atomic E-state index is 12.9. The minimum atomic E-state index is -4.56. The van der Waals surface area contributed by atoms with E-state index in [1.54, 1.807) is 6.07 Å². The highest BCUT2D eigenvalue weighted by atomic mass is 35.5. The molecular formula is C19H19ClF3N5O2. The van der Waals surface area contributed by atoms with Gasteiger partial charge in [-0.3, -0.25) is 9.69 Å². The second-order valence-corrected chi connectivity index (χ2v) is 7.58. The van der Waals surface area contributed by atoms with Crippen molar-refractivity contribution in [2.45, 2.75) is 26.1 Å². The average Bonchev–Trinajstić information content (AvgIpc) is 2.98. The first kappa shape index (κ1) is 21.8. The fourth-order valence-corrected chi connectivity index (χ4v) is 3.32. The molecule has 0 bridgehead atoms. The van der Waals surface area contributed by atoms with E-state index in [-0.39, 0.29) is 36.6 Å². The lowest BCUT2D eigenvalue weighted by atomic mass is 10.0. The van der Waals surface area contributed by atoms with Crippen LogP contribution in [0.25, 0.3) is 0 Å². The molecule has 11 heteroatoms. The second-order valence-electron chi connectivity index (χ2n) is 7.14. The minimum Gasteiger partial charge on any atom is -0.310 e. The first-order valence-corrected chi connectivity index (χ1v) is 9.47. The Bertz CT molecular complexity index is 937. The van der Waals surface area contributed by atoms with Crippen LogP contribution < -0.4 is 10.2 Å². The van der Waals surface area contributed by atoms with Gasteiger partial charge >= 0.3 is 12.2 Å². The summed E-state index contributed by atoms with van der Waals surface area (Å²) in [5.41, 5.74) is -0.804. The molecule has 0 aromatic carbocycles. The number of carbonyl (C=O) groups excluding carboxylic acids is 2. The van der Waals surface area contributed by atoms with Crippen molar-refractivity contribution in [2.75, 3.05) is 23.3 Å². The Morgan fingerprint density at radius 1 is 1.30 bits per heavy atom. The zero-order chi connectivity index (χ0) is 22.1. The van der Waals surface area contributed by atoms with Crippen molar-refractivity contribution in [1.82, 2.24) is 14.9 Å². The molecule has 30 heavy (non-hydrogen) atoms. The lowest BCUT2D eigenvalue weighted by Crippen LogP contribution is -2.42. The molecule has 0 radical (unpaired) electrons. The van der Waals surface area contributed by atoms with Crippen LogP contribution in [-0.2, 0) is 11.0 Å². The molecule has 3 heterocycles. The van der Waals surface area contributed by atoms with Crippen LogP contribution in [-0.4, -0.2) is 45.9 Å². The Balaban J connectivity index is 1.75. The van der Waals surface area contributed by atoms with Gasteiger partial charge in [0.15, 0.2) is 0 Å². The first-order valence-electron chi connectivity index (χ1n) is 9.09. The molecule has 0 saturated carbocycles. The van der Waals surface area contributed by atoms with Crippen molar-refractivity contribution in [1.29, 1.82) is 0 Å². The summed E-state index contributed by atoms with van der Waals surface area (Å²) < 4.78 is 38.2. The van der Waals surface area contributed by atoms with Crippen LogP contribution in [0.2, 0.25) is 5.02 Å². The van der Waals surface area contributed by atoms with Crippen molar-refractivity contribution in [3.63, 3.8) is 0 Å². The van der Waals surface area contributed by atoms with Crippen LogP contribution in [0, 0.1) is 5.92 Å². The summed E-state index contributed by atoms with van der Waals surface area (Å²) in [5, 5.41) is 2.99. The Hall–Kier alpha value is -2.88. The number of carbonyl (C=O) groups is 2. The van der Waals surface area contributed by atoms with E-state index in [1.165, 1.54) is 28.1 Å². The minimum absolute atomic E-state index is 0.0125. The Morgan fingerprint density at radius 3 is 2.60 bits per heavy atom. The predicted octanol–water partition coefficient (Wildman–Crippen LogP) is 4.05. The van der Waals surface area contributed by atoms with Crippen molar-refractivity contribution in [3.05, 3.63) is 47.4 Å². The van der Waals surface area contributed by atoms with Gasteiger partial charge < -0.3 is 10.2 Å². The molecule has 1 fully saturated rings. The third-order valence-corrected chi connectivity index (χ3v) is 4.90. The van der Waals surface area contributed by atoms with Gasteiger partial charge in [0.05, 0.1) is 17.9 Å². The molecule has 1 N–H and O–H groups in total. The number of anilines is 2. The number of hydrogen-bond acceptors (Lipinski definition) is 4. The molecule has 3 rings (SSSR count). The quantitative estimate of drug-likeness (QED) is 0.759. The van der Waals surface area contributed by atoms with Crippen LogP contribution in [0.1, 0.15) is 19.5 Å². The number of aromatic nitrogens is 2. The highest BCUT2D eigenvalue weighted by Crippen LogP contribution is 2.31. The largest absolute Gasteiger partial charge is 0.433 e. The van der Waals surface area contributed by atoms with E-state index in [0.717, 1.165) is 12.3 Å². The summed E-state index contributed by atoms with van der Waals surface area (Å²) in [6, 6.07) is 4.28. The van der Waals surface area contributed by atoms with Crippen LogP contribution in [0.4, 0.5) is 29.5 Å². The zero-order valence-electron chi connectivity index (χ0n) is 16.2. The second kappa shape index (κ2) is 8.47. The molecule has 2 aromatic rings. The number of rotatable bonds is 5. The number of amides is 3. The monoisotopic (exact) mass is 441 g/mol. The average molecular weight is 442 g/mol. The van der Waals surface area contributed by atoms with Gasteiger partial charge in [-0.25, -0.2) is 14.8 Å². The normalized spacial score (nSPS) is 17.0. The molecule has 0 aliphatic carbocycles. The molecule has 0 spiro atoms. The topological polar surface area (TPSA) is 78.4 Å². The van der Waals surface area contributed by atoms with Gasteiger partial charge in [-0.15, -0.1) is 0 Å². The summed E-state index contributed by atoms with van der Waals surface area (Å²) in [6.45, 7) is 3.79. The van der Waals surface area contributed by atoms with Gasteiger partial charge in [-0.2, -0.15) is 13.2 Å². The standard InChI is InChI=1S/C19H19ClF3N5O2/c1-11(2)14-9-27(13-3-4-15(25-8-13)19(21,22)23)18(30)28(14)10-17(29)26-16-7-12(20)5-6-24-16/h3-8,11,14H,9-10H2,1-2H3,(H,24,26,29)/t14-/m1/s1. The summed E-state index contributed by atoms with van der Waals surface area (Å²) in [6.07, 6.45) is -2.11. The smallest absolute Gasteiger partial charge is 0.310 e. The van der Waals surface area contributed by atoms with E-state index in [2.05, 4.69) is 15.3 Å². The van der Waals surface area contributed by atoms with Crippen molar-refractivity contribution in [2.24, 2.45) is 5.92 Å². The molecule has 1 aliphatic heterocycles. The maximum atomic E-state index is 12.9. The molecule has 160 valence electrons. The van der Waals surface area contributed by atoms with Gasteiger partial charge in [-0.1, -0.05) is 25.4 Å². The number of urea groups is 1. The van der Waals surface area contributed by atoms with E-state index in [4.69, 9.17) is 11.6 Å². The highest BCUT2D eigenvalue weighted by Gasteiger charge is 2.41. The third kappa shape index (κ3) is 4.81.